The van der Waals surface area contributed by atoms with Crippen LogP contribution in [0.15, 0.2) is 35.5 Å². The highest BCUT2D eigenvalue weighted by molar-refractivity contribution is 5.97. The summed E-state index contributed by atoms with van der Waals surface area (Å²) in [5.41, 5.74) is 4.15. The minimum atomic E-state index is -0.304. The molecule has 21 heavy (non-hydrogen) atoms. The number of cyclic esters (lactones) is 1. The zero-order valence-electron chi connectivity index (χ0n) is 11.3. The number of nitrogens with zero attached hydrogens (tertiary/aromatic N) is 1. The molecule has 0 bridgehead atoms. The number of aryl methyl sites for hydroxylation is 1. The van der Waals surface area contributed by atoms with Gasteiger partial charge in [0, 0.05) is 17.2 Å². The molecular weight excluding hydrogens is 270 g/mol. The fourth-order valence-electron chi connectivity index (χ4n) is 2.99. The smallest absolute Gasteiger partial charge is 0.337 e. The van der Waals surface area contributed by atoms with Crippen molar-refractivity contribution in [3.8, 4) is 5.75 Å². The van der Waals surface area contributed by atoms with Gasteiger partial charge in [0.25, 0.3) is 0 Å². The molecule has 0 radical (unpaired) electrons. The Balaban J connectivity index is 1.94. The van der Waals surface area contributed by atoms with Crippen LogP contribution in [0.5, 0.6) is 5.75 Å². The summed E-state index contributed by atoms with van der Waals surface area (Å²) in [4.78, 5) is 12.1. The second kappa shape index (κ2) is 4.12. The molecule has 1 aromatic heterocycles. The highest BCUT2D eigenvalue weighted by atomic mass is 16.5. The van der Waals surface area contributed by atoms with E-state index in [1.807, 2.05) is 19.1 Å². The third kappa shape index (κ3) is 1.65. The normalized spacial score (nSPS) is 19.9. The Bertz CT molecular complexity index is 774. The lowest BCUT2D eigenvalue weighted by Crippen LogP contribution is -2.19. The van der Waals surface area contributed by atoms with Gasteiger partial charge in [-0.05, 0) is 24.6 Å². The van der Waals surface area contributed by atoms with Gasteiger partial charge in [-0.1, -0.05) is 12.1 Å². The van der Waals surface area contributed by atoms with E-state index in [0.29, 0.717) is 5.57 Å². The van der Waals surface area contributed by atoms with Crippen molar-refractivity contribution in [2.45, 2.75) is 12.8 Å². The molecule has 1 atom stereocenters. The van der Waals surface area contributed by atoms with Crippen LogP contribution in [0.3, 0.4) is 0 Å². The number of benzene rings is 1. The van der Waals surface area contributed by atoms with Crippen molar-refractivity contribution in [2.24, 2.45) is 0 Å². The number of fused-ring (bicyclic) bond motifs is 1. The lowest BCUT2D eigenvalue weighted by atomic mass is 9.82. The largest absolute Gasteiger partial charge is 0.508 e. The maximum atomic E-state index is 12.1. The van der Waals surface area contributed by atoms with E-state index in [2.05, 4.69) is 15.5 Å². The molecule has 2 aliphatic heterocycles. The summed E-state index contributed by atoms with van der Waals surface area (Å²) in [5.74, 6) is 0.384. The minimum absolute atomic E-state index is 0.194. The molecule has 6 heteroatoms. The maximum absolute atomic E-state index is 12.1. The maximum Gasteiger partial charge on any atom is 0.337 e. The molecule has 0 amide bonds. The average molecular weight is 283 g/mol. The molecule has 6 nitrogen and oxygen atoms in total. The number of carbonyl (C=O) groups excluding carboxylic acids is 1. The summed E-state index contributed by atoms with van der Waals surface area (Å²) in [7, 11) is 0. The van der Waals surface area contributed by atoms with Gasteiger partial charge in [-0.2, -0.15) is 5.10 Å². The molecule has 0 saturated carbocycles. The van der Waals surface area contributed by atoms with Crippen LogP contribution in [0.1, 0.15) is 22.7 Å². The molecule has 2 aliphatic rings. The Morgan fingerprint density at radius 3 is 2.86 bits per heavy atom. The number of phenolic OH excluding ortho intramolecular Hbond substituents is 1. The van der Waals surface area contributed by atoms with Crippen molar-refractivity contribution in [3.63, 3.8) is 0 Å². The zero-order chi connectivity index (χ0) is 14.6. The number of rotatable bonds is 1. The molecule has 2 aromatic rings. The van der Waals surface area contributed by atoms with Crippen LogP contribution in [-0.2, 0) is 9.53 Å². The Morgan fingerprint density at radius 1 is 1.33 bits per heavy atom. The van der Waals surface area contributed by atoms with Gasteiger partial charge < -0.3 is 15.2 Å². The van der Waals surface area contributed by atoms with E-state index >= 15 is 0 Å². The number of hydrogen-bond acceptors (Lipinski definition) is 5. The van der Waals surface area contributed by atoms with Crippen molar-refractivity contribution in [2.75, 3.05) is 11.9 Å². The molecular formula is C15H13N3O3. The van der Waals surface area contributed by atoms with Crippen LogP contribution in [0.2, 0.25) is 0 Å². The third-order valence-electron chi connectivity index (χ3n) is 3.96. The number of aromatic nitrogens is 2. The van der Waals surface area contributed by atoms with Gasteiger partial charge in [-0.3, -0.25) is 5.10 Å². The summed E-state index contributed by atoms with van der Waals surface area (Å²) in [6.07, 6.45) is 0. The third-order valence-corrected chi connectivity index (χ3v) is 3.96. The quantitative estimate of drug-likeness (QED) is 0.695. The van der Waals surface area contributed by atoms with Gasteiger partial charge in [0.1, 0.15) is 12.4 Å². The fourth-order valence-corrected chi connectivity index (χ4v) is 2.99. The Kier molecular flexibility index (Phi) is 2.35. The molecule has 0 fully saturated rings. The highest BCUT2D eigenvalue weighted by Crippen LogP contribution is 2.44. The van der Waals surface area contributed by atoms with Crippen LogP contribution >= 0.6 is 0 Å². The van der Waals surface area contributed by atoms with Crippen LogP contribution in [0.4, 0.5) is 5.82 Å². The summed E-state index contributed by atoms with van der Waals surface area (Å²) >= 11 is 0. The molecule has 3 N–H and O–H groups in total. The number of hydrogen-bond donors (Lipinski definition) is 3. The first kappa shape index (κ1) is 12.0. The zero-order valence-corrected chi connectivity index (χ0v) is 11.3. The number of carbonyl (C=O) groups is 1. The number of ether oxygens (including phenoxy) is 1. The summed E-state index contributed by atoms with van der Waals surface area (Å²) < 4.78 is 5.15. The minimum Gasteiger partial charge on any atom is -0.508 e. The fraction of sp³-hybridized carbons (Fsp3) is 0.200. The van der Waals surface area contributed by atoms with E-state index in [1.54, 1.807) is 12.1 Å². The van der Waals surface area contributed by atoms with Crippen LogP contribution in [0, 0.1) is 6.92 Å². The van der Waals surface area contributed by atoms with Gasteiger partial charge in [0.15, 0.2) is 5.82 Å². The molecule has 106 valence electrons. The predicted octanol–water partition coefficient (Wildman–Crippen LogP) is 1.79. The number of anilines is 1. The average Bonchev–Trinajstić information content (AvgIpc) is 3.03. The number of H-pyrrole nitrogens is 1. The van der Waals surface area contributed by atoms with E-state index in [-0.39, 0.29) is 24.2 Å². The lowest BCUT2D eigenvalue weighted by molar-refractivity contribution is -0.136. The molecule has 3 heterocycles. The number of aromatic amines is 1. The van der Waals surface area contributed by atoms with Crippen LogP contribution < -0.4 is 5.32 Å². The topological polar surface area (TPSA) is 87.2 Å². The van der Waals surface area contributed by atoms with Crippen molar-refractivity contribution >= 4 is 11.8 Å². The lowest BCUT2D eigenvalue weighted by Gasteiger charge is -2.24. The van der Waals surface area contributed by atoms with Crippen LogP contribution in [-0.4, -0.2) is 27.9 Å². The highest BCUT2D eigenvalue weighted by Gasteiger charge is 2.40. The molecule has 1 aromatic carbocycles. The second-order valence-corrected chi connectivity index (χ2v) is 5.23. The van der Waals surface area contributed by atoms with E-state index in [4.69, 9.17) is 4.74 Å². The summed E-state index contributed by atoms with van der Waals surface area (Å²) in [6, 6.07) is 6.87. The Labute approximate surface area is 120 Å². The van der Waals surface area contributed by atoms with Crippen molar-refractivity contribution in [1.29, 1.82) is 0 Å². The van der Waals surface area contributed by atoms with E-state index < -0.39 is 0 Å². The first-order chi connectivity index (χ1) is 10.1. The van der Waals surface area contributed by atoms with Crippen molar-refractivity contribution < 1.29 is 14.6 Å². The van der Waals surface area contributed by atoms with Crippen molar-refractivity contribution in [3.05, 3.63) is 52.4 Å². The van der Waals surface area contributed by atoms with Crippen LogP contribution in [0.25, 0.3) is 0 Å². The molecule has 4 rings (SSSR count). The monoisotopic (exact) mass is 283 g/mol. The van der Waals surface area contributed by atoms with Crippen molar-refractivity contribution in [1.82, 2.24) is 10.2 Å². The molecule has 0 unspecified atom stereocenters. The second-order valence-electron chi connectivity index (χ2n) is 5.23. The van der Waals surface area contributed by atoms with E-state index in [1.165, 1.54) is 0 Å². The Morgan fingerprint density at radius 2 is 2.10 bits per heavy atom. The number of phenols is 1. The number of nitrogens with one attached hydrogen (secondary N) is 2. The standard InChI is InChI=1S/C15H13N3O3/c1-7-11-12(8-2-4-9(19)5-3-8)13-10(6-21-15(13)20)16-14(11)18-17-7/h2-5,12,19H,6H2,1H3,(H2,16,17,18)/t12-/m0/s1. The summed E-state index contributed by atoms with van der Waals surface area (Å²) in [6.45, 7) is 2.17. The van der Waals surface area contributed by atoms with Gasteiger partial charge in [-0.15, -0.1) is 0 Å². The first-order valence-electron chi connectivity index (χ1n) is 6.66. The van der Waals surface area contributed by atoms with Gasteiger partial charge in [0.05, 0.1) is 11.3 Å². The van der Waals surface area contributed by atoms with E-state index in [0.717, 1.165) is 28.3 Å². The number of esters is 1. The van der Waals surface area contributed by atoms with Gasteiger partial charge in [0.2, 0.25) is 0 Å². The van der Waals surface area contributed by atoms with E-state index in [9.17, 15) is 9.90 Å². The Hall–Kier alpha value is -2.76. The van der Waals surface area contributed by atoms with Gasteiger partial charge in [-0.25, -0.2) is 4.79 Å². The summed E-state index contributed by atoms with van der Waals surface area (Å²) in [5, 5.41) is 19.8. The molecule has 0 spiro atoms. The van der Waals surface area contributed by atoms with Gasteiger partial charge >= 0.3 is 5.97 Å². The first-order valence-corrected chi connectivity index (χ1v) is 6.66. The molecule has 0 aliphatic carbocycles. The number of aromatic hydroxyl groups is 1. The molecule has 0 saturated heterocycles. The predicted molar refractivity (Wildman–Crippen MR) is 74.9 cm³/mol. The SMILES string of the molecule is Cc1[nH]nc2c1[C@H](c1ccc(O)cc1)C1=C(COC1=O)N2.